The highest BCUT2D eigenvalue weighted by molar-refractivity contribution is 8.00. The quantitative estimate of drug-likeness (QED) is 0.604. The van der Waals surface area contributed by atoms with Crippen LogP contribution in [0.1, 0.15) is 43.6 Å². The van der Waals surface area contributed by atoms with Gasteiger partial charge in [0, 0.05) is 42.7 Å². The van der Waals surface area contributed by atoms with Gasteiger partial charge < -0.3 is 20.3 Å². The second kappa shape index (κ2) is 11.3. The average molecular weight is 470 g/mol. The third kappa shape index (κ3) is 7.33. The molecule has 3 amide bonds. The lowest BCUT2D eigenvalue weighted by molar-refractivity contribution is -0.120. The molecule has 8 heteroatoms. The third-order valence-corrected chi connectivity index (χ3v) is 6.34. The number of morpholine rings is 1. The summed E-state index contributed by atoms with van der Waals surface area (Å²) in [5.74, 6) is -0.185. The van der Waals surface area contributed by atoms with Crippen molar-refractivity contribution in [1.29, 1.82) is 0 Å². The smallest absolute Gasteiger partial charge is 0.254 e. The van der Waals surface area contributed by atoms with Crippen LogP contribution in [0.15, 0.2) is 53.4 Å². The van der Waals surface area contributed by atoms with Crippen LogP contribution in [0, 0.1) is 0 Å². The highest BCUT2D eigenvalue weighted by Crippen LogP contribution is 2.25. The van der Waals surface area contributed by atoms with Crippen molar-refractivity contribution < 1.29 is 19.1 Å². The molecule has 33 heavy (non-hydrogen) atoms. The van der Waals surface area contributed by atoms with E-state index in [4.69, 9.17) is 4.74 Å². The number of anilines is 1. The van der Waals surface area contributed by atoms with Crippen molar-refractivity contribution in [3.05, 3.63) is 59.7 Å². The van der Waals surface area contributed by atoms with E-state index in [1.54, 1.807) is 0 Å². The fourth-order valence-corrected chi connectivity index (χ4v) is 4.59. The van der Waals surface area contributed by atoms with Gasteiger partial charge >= 0.3 is 0 Å². The molecule has 0 bridgehead atoms. The third-order valence-electron chi connectivity index (χ3n) is 5.23. The Bertz CT molecular complexity index is 968. The monoisotopic (exact) mass is 469 g/mol. The van der Waals surface area contributed by atoms with Gasteiger partial charge in [-0.25, -0.2) is 0 Å². The normalized spacial score (nSPS) is 19.0. The lowest BCUT2D eigenvalue weighted by atomic mass is 10.1. The molecular weight excluding hydrogens is 438 g/mol. The second-order valence-corrected chi connectivity index (χ2v) is 9.76. The van der Waals surface area contributed by atoms with Crippen LogP contribution in [0.2, 0.25) is 0 Å². The molecule has 1 aliphatic rings. The van der Waals surface area contributed by atoms with Crippen molar-refractivity contribution in [2.24, 2.45) is 0 Å². The number of carbonyl (C=O) groups is 3. The number of hydrogen-bond acceptors (Lipinski definition) is 5. The van der Waals surface area contributed by atoms with E-state index in [1.807, 2.05) is 74.2 Å². The van der Waals surface area contributed by atoms with E-state index >= 15 is 0 Å². The Hall–Kier alpha value is -2.84. The number of amides is 3. The minimum atomic E-state index is -0.275. The maximum atomic E-state index is 12.8. The first-order valence-electron chi connectivity index (χ1n) is 11.1. The van der Waals surface area contributed by atoms with Gasteiger partial charge in [-0.05, 0) is 62.7 Å². The summed E-state index contributed by atoms with van der Waals surface area (Å²) in [6, 6.07) is 14.8. The zero-order valence-corrected chi connectivity index (χ0v) is 20.3. The Balaban J connectivity index is 1.48. The van der Waals surface area contributed by atoms with Gasteiger partial charge in [0.25, 0.3) is 5.91 Å². The summed E-state index contributed by atoms with van der Waals surface area (Å²) in [5.41, 5.74) is 2.29. The van der Waals surface area contributed by atoms with E-state index < -0.39 is 0 Å². The van der Waals surface area contributed by atoms with Crippen molar-refractivity contribution in [1.82, 2.24) is 10.2 Å². The molecule has 0 aromatic heterocycles. The highest BCUT2D eigenvalue weighted by atomic mass is 32.2. The molecule has 7 nitrogen and oxygen atoms in total. The number of nitrogens with zero attached hydrogens (tertiary/aromatic N) is 1. The zero-order chi connectivity index (χ0) is 24.0. The van der Waals surface area contributed by atoms with Crippen LogP contribution in [0.5, 0.6) is 0 Å². The predicted molar refractivity (Wildman–Crippen MR) is 130 cm³/mol. The van der Waals surface area contributed by atoms with E-state index in [1.165, 1.54) is 18.7 Å². The first kappa shape index (κ1) is 24.8. The molecule has 2 N–H and O–H groups in total. The zero-order valence-electron chi connectivity index (χ0n) is 19.5. The number of thioether (sulfide) groups is 1. The molecule has 1 fully saturated rings. The molecule has 0 radical (unpaired) electrons. The van der Waals surface area contributed by atoms with E-state index in [0.29, 0.717) is 25.2 Å². The molecule has 3 atom stereocenters. The SMILES string of the molecule is CC(=O)Nc1ccc(SC(C)C(=O)NCc2ccc(C(=O)N3CC(C)OC(C)C3)cc2)cc1. The van der Waals surface area contributed by atoms with E-state index in [2.05, 4.69) is 10.6 Å². The van der Waals surface area contributed by atoms with E-state index in [0.717, 1.165) is 16.1 Å². The molecule has 1 saturated heterocycles. The van der Waals surface area contributed by atoms with Crippen LogP contribution in [-0.2, 0) is 20.9 Å². The Morgan fingerprint density at radius 1 is 1.03 bits per heavy atom. The molecule has 0 aliphatic carbocycles. The summed E-state index contributed by atoms with van der Waals surface area (Å²) in [7, 11) is 0. The van der Waals surface area contributed by atoms with Gasteiger partial charge in [0.1, 0.15) is 0 Å². The first-order valence-corrected chi connectivity index (χ1v) is 11.9. The molecule has 2 aromatic rings. The van der Waals surface area contributed by atoms with Gasteiger partial charge in [-0.2, -0.15) is 0 Å². The molecule has 3 rings (SSSR count). The summed E-state index contributed by atoms with van der Waals surface area (Å²) in [6.45, 7) is 8.84. The molecule has 0 saturated carbocycles. The van der Waals surface area contributed by atoms with Gasteiger partial charge in [-0.1, -0.05) is 12.1 Å². The number of ether oxygens (including phenoxy) is 1. The van der Waals surface area contributed by atoms with Crippen LogP contribution < -0.4 is 10.6 Å². The fraction of sp³-hybridized carbons (Fsp3) is 0.400. The number of hydrogen-bond donors (Lipinski definition) is 2. The topological polar surface area (TPSA) is 87.7 Å². The average Bonchev–Trinajstić information content (AvgIpc) is 2.77. The van der Waals surface area contributed by atoms with Crippen molar-refractivity contribution >= 4 is 35.2 Å². The highest BCUT2D eigenvalue weighted by Gasteiger charge is 2.26. The minimum Gasteiger partial charge on any atom is -0.372 e. The van der Waals surface area contributed by atoms with E-state index in [-0.39, 0.29) is 35.2 Å². The lowest BCUT2D eigenvalue weighted by Crippen LogP contribution is -2.48. The van der Waals surface area contributed by atoms with Crippen LogP contribution >= 0.6 is 11.8 Å². The first-order chi connectivity index (χ1) is 15.7. The second-order valence-electron chi connectivity index (χ2n) is 8.35. The lowest BCUT2D eigenvalue weighted by Gasteiger charge is -2.35. The summed E-state index contributed by atoms with van der Waals surface area (Å²) in [5, 5.41) is 5.40. The van der Waals surface area contributed by atoms with Gasteiger partial charge in [-0.3, -0.25) is 14.4 Å². The largest absolute Gasteiger partial charge is 0.372 e. The summed E-state index contributed by atoms with van der Waals surface area (Å²) >= 11 is 1.45. The molecule has 1 aliphatic heterocycles. The van der Waals surface area contributed by atoms with Gasteiger partial charge in [-0.15, -0.1) is 11.8 Å². The van der Waals surface area contributed by atoms with Crippen LogP contribution in [0.4, 0.5) is 5.69 Å². The molecular formula is C25H31N3O4S. The standard InChI is InChI=1S/C25H31N3O4S/c1-16-14-28(15-17(2)32-16)25(31)21-7-5-20(6-8-21)13-26-24(30)18(3)33-23-11-9-22(10-12-23)27-19(4)29/h5-12,16-18H,13-15H2,1-4H3,(H,26,30)(H,27,29). The van der Waals surface area contributed by atoms with Crippen LogP contribution in [0.25, 0.3) is 0 Å². The van der Waals surface area contributed by atoms with Crippen molar-refractivity contribution in [3.63, 3.8) is 0 Å². The summed E-state index contributed by atoms with van der Waals surface area (Å²) < 4.78 is 5.70. The number of benzene rings is 2. The van der Waals surface area contributed by atoms with E-state index in [9.17, 15) is 14.4 Å². The van der Waals surface area contributed by atoms with Crippen molar-refractivity contribution in [2.45, 2.75) is 56.6 Å². The maximum Gasteiger partial charge on any atom is 0.254 e. The Morgan fingerprint density at radius 2 is 1.64 bits per heavy atom. The molecule has 1 heterocycles. The Labute approximate surface area is 199 Å². The predicted octanol–water partition coefficient (Wildman–Crippen LogP) is 3.69. The number of nitrogens with one attached hydrogen (secondary N) is 2. The number of rotatable bonds is 7. The van der Waals surface area contributed by atoms with Crippen molar-refractivity contribution in [3.8, 4) is 0 Å². The van der Waals surface area contributed by atoms with Crippen LogP contribution in [0.3, 0.4) is 0 Å². The summed E-state index contributed by atoms with van der Waals surface area (Å²) in [6.07, 6.45) is 0.0596. The summed E-state index contributed by atoms with van der Waals surface area (Å²) in [4.78, 5) is 39.2. The van der Waals surface area contributed by atoms with Gasteiger partial charge in [0.15, 0.2) is 0 Å². The molecule has 176 valence electrons. The molecule has 3 unspecified atom stereocenters. The molecule has 2 aromatic carbocycles. The Morgan fingerprint density at radius 3 is 2.21 bits per heavy atom. The maximum absolute atomic E-state index is 12.8. The van der Waals surface area contributed by atoms with Gasteiger partial charge in [0.05, 0.1) is 17.5 Å². The van der Waals surface area contributed by atoms with Crippen LogP contribution in [-0.4, -0.2) is 53.2 Å². The molecule has 0 spiro atoms. The van der Waals surface area contributed by atoms with Crippen molar-refractivity contribution in [2.75, 3.05) is 18.4 Å². The fourth-order valence-electron chi connectivity index (χ4n) is 3.70. The van der Waals surface area contributed by atoms with Gasteiger partial charge in [0.2, 0.25) is 11.8 Å². The number of carbonyl (C=O) groups excluding carboxylic acids is 3. The minimum absolute atomic E-state index is 0.00197. The Kier molecular flexibility index (Phi) is 8.52.